The number of rotatable bonds is 5. The van der Waals surface area contributed by atoms with E-state index in [4.69, 9.17) is 4.52 Å². The molecule has 2 aromatic rings. The molecule has 5 heteroatoms. The number of likely N-dealkylation sites (N-methyl/N-ethyl adjacent to an activating group) is 1. The van der Waals surface area contributed by atoms with Crippen LogP contribution in [0.25, 0.3) is 0 Å². The summed E-state index contributed by atoms with van der Waals surface area (Å²) in [5.41, 5.74) is 1.72. The summed E-state index contributed by atoms with van der Waals surface area (Å²) in [6, 6.07) is 12.5. The highest BCUT2D eigenvalue weighted by molar-refractivity contribution is 5.92. The molecule has 1 aliphatic rings. The molecule has 0 aliphatic carbocycles. The molecule has 134 valence electrons. The van der Waals surface area contributed by atoms with E-state index >= 15 is 0 Å². The quantitative estimate of drug-likeness (QED) is 0.835. The molecule has 1 amide bonds. The number of nitrogens with zero attached hydrogens (tertiary/aromatic N) is 3. The summed E-state index contributed by atoms with van der Waals surface area (Å²) in [7, 11) is 1.88. The lowest BCUT2D eigenvalue weighted by Crippen LogP contribution is -2.48. The van der Waals surface area contributed by atoms with Gasteiger partial charge < -0.3 is 9.42 Å². The van der Waals surface area contributed by atoms with Crippen molar-refractivity contribution in [1.29, 1.82) is 0 Å². The maximum atomic E-state index is 12.7. The first-order chi connectivity index (χ1) is 12.0. The zero-order valence-electron chi connectivity index (χ0n) is 15.3. The Morgan fingerprint density at radius 3 is 2.80 bits per heavy atom. The first kappa shape index (κ1) is 17.7. The van der Waals surface area contributed by atoms with Gasteiger partial charge in [-0.3, -0.25) is 9.69 Å². The van der Waals surface area contributed by atoms with Gasteiger partial charge in [0.05, 0.1) is 0 Å². The zero-order chi connectivity index (χ0) is 17.8. The number of amides is 1. The normalized spacial score (nSPS) is 18.5. The number of piperidine rings is 1. The predicted molar refractivity (Wildman–Crippen MR) is 97.4 cm³/mol. The molecular weight excluding hydrogens is 314 g/mol. The zero-order valence-corrected chi connectivity index (χ0v) is 15.3. The van der Waals surface area contributed by atoms with Crippen molar-refractivity contribution in [2.24, 2.45) is 0 Å². The van der Waals surface area contributed by atoms with Crippen LogP contribution in [0.1, 0.15) is 54.4 Å². The number of hydrogen-bond acceptors (Lipinski definition) is 4. The fourth-order valence-electron chi connectivity index (χ4n) is 3.34. The molecule has 1 saturated heterocycles. The molecule has 0 spiro atoms. The molecule has 5 nitrogen and oxygen atoms in total. The highest BCUT2D eigenvalue weighted by Gasteiger charge is 2.28. The van der Waals surface area contributed by atoms with E-state index in [-0.39, 0.29) is 17.9 Å². The lowest BCUT2D eigenvalue weighted by molar-refractivity contribution is 0.0599. The van der Waals surface area contributed by atoms with E-state index in [1.54, 1.807) is 6.07 Å². The highest BCUT2D eigenvalue weighted by Crippen LogP contribution is 2.20. The van der Waals surface area contributed by atoms with E-state index < -0.39 is 0 Å². The molecule has 1 fully saturated rings. The largest absolute Gasteiger partial charge is 0.360 e. The van der Waals surface area contributed by atoms with Crippen molar-refractivity contribution >= 4 is 5.91 Å². The number of carbonyl (C=O) groups is 1. The number of likely N-dealkylation sites (tertiary alicyclic amines) is 1. The van der Waals surface area contributed by atoms with Crippen LogP contribution in [0.4, 0.5) is 0 Å². The average Bonchev–Trinajstić information content (AvgIpc) is 3.12. The Morgan fingerprint density at radius 2 is 2.12 bits per heavy atom. The van der Waals surface area contributed by atoms with Gasteiger partial charge in [-0.1, -0.05) is 49.3 Å². The molecule has 3 rings (SSSR count). The predicted octanol–water partition coefficient (Wildman–Crippen LogP) is 3.53. The number of benzene rings is 1. The molecule has 0 unspecified atom stereocenters. The van der Waals surface area contributed by atoms with Gasteiger partial charge in [-0.2, -0.15) is 0 Å². The summed E-state index contributed by atoms with van der Waals surface area (Å²) in [4.78, 5) is 17.0. The maximum Gasteiger partial charge on any atom is 0.276 e. The Labute approximate surface area is 149 Å². The molecule has 0 bridgehead atoms. The molecule has 1 aliphatic heterocycles. The van der Waals surface area contributed by atoms with E-state index in [9.17, 15) is 4.79 Å². The van der Waals surface area contributed by atoms with Gasteiger partial charge in [0, 0.05) is 38.2 Å². The van der Waals surface area contributed by atoms with E-state index in [0.29, 0.717) is 5.69 Å². The lowest BCUT2D eigenvalue weighted by Gasteiger charge is -2.37. The van der Waals surface area contributed by atoms with Gasteiger partial charge in [0.15, 0.2) is 5.69 Å². The molecule has 0 radical (unpaired) electrons. The van der Waals surface area contributed by atoms with Crippen LogP contribution in [-0.2, 0) is 6.54 Å². The SMILES string of the molecule is CC(C)c1cc(C(=O)N(C)[C@@H]2CCCN(Cc3ccccc3)C2)no1. The van der Waals surface area contributed by atoms with Gasteiger partial charge in [-0.15, -0.1) is 0 Å². The first-order valence-electron chi connectivity index (χ1n) is 9.04. The number of carbonyl (C=O) groups excluding carboxylic acids is 1. The third-order valence-corrected chi connectivity index (χ3v) is 4.91. The molecular formula is C20H27N3O2. The number of hydrogen-bond donors (Lipinski definition) is 0. The van der Waals surface area contributed by atoms with Gasteiger partial charge in [0.25, 0.3) is 5.91 Å². The summed E-state index contributed by atoms with van der Waals surface area (Å²) in [6.45, 7) is 6.96. The number of aromatic nitrogens is 1. The summed E-state index contributed by atoms with van der Waals surface area (Å²) in [5.74, 6) is 0.934. The maximum absolute atomic E-state index is 12.7. The van der Waals surface area contributed by atoms with Gasteiger partial charge in [0.1, 0.15) is 5.76 Å². The molecule has 0 saturated carbocycles. The Morgan fingerprint density at radius 1 is 1.36 bits per heavy atom. The second-order valence-corrected chi connectivity index (χ2v) is 7.20. The minimum Gasteiger partial charge on any atom is -0.360 e. The topological polar surface area (TPSA) is 49.6 Å². The Kier molecular flexibility index (Phi) is 5.53. The molecule has 0 N–H and O–H groups in total. The molecule has 1 aromatic carbocycles. The summed E-state index contributed by atoms with van der Waals surface area (Å²) in [5, 5.41) is 3.96. The van der Waals surface area contributed by atoms with Gasteiger partial charge >= 0.3 is 0 Å². The van der Waals surface area contributed by atoms with E-state index in [1.165, 1.54) is 5.56 Å². The van der Waals surface area contributed by atoms with E-state index in [2.05, 4.69) is 34.3 Å². The molecule has 25 heavy (non-hydrogen) atoms. The van der Waals surface area contributed by atoms with Gasteiger partial charge in [0.2, 0.25) is 0 Å². The van der Waals surface area contributed by atoms with E-state index in [0.717, 1.165) is 38.2 Å². The van der Waals surface area contributed by atoms with Crippen LogP contribution in [0.15, 0.2) is 40.9 Å². The molecule has 2 heterocycles. The second-order valence-electron chi connectivity index (χ2n) is 7.20. The van der Waals surface area contributed by atoms with Crippen LogP contribution in [0.2, 0.25) is 0 Å². The highest BCUT2D eigenvalue weighted by atomic mass is 16.5. The molecule has 1 aromatic heterocycles. The van der Waals surface area contributed by atoms with Crippen molar-refractivity contribution in [2.45, 2.75) is 45.2 Å². The minimum atomic E-state index is -0.0535. The third kappa shape index (κ3) is 4.28. The van der Waals surface area contributed by atoms with Crippen LogP contribution in [-0.4, -0.2) is 47.0 Å². The van der Waals surface area contributed by atoms with Gasteiger partial charge in [-0.25, -0.2) is 0 Å². The van der Waals surface area contributed by atoms with Crippen molar-refractivity contribution in [2.75, 3.05) is 20.1 Å². The van der Waals surface area contributed by atoms with Crippen LogP contribution in [0, 0.1) is 0 Å². The fraction of sp³-hybridized carbons (Fsp3) is 0.500. The molecule has 1 atom stereocenters. The lowest BCUT2D eigenvalue weighted by atomic mass is 10.0. The van der Waals surface area contributed by atoms with Crippen LogP contribution in [0.5, 0.6) is 0 Å². The second kappa shape index (κ2) is 7.83. The fourth-order valence-corrected chi connectivity index (χ4v) is 3.34. The third-order valence-electron chi connectivity index (χ3n) is 4.91. The minimum absolute atomic E-state index is 0.0535. The van der Waals surface area contributed by atoms with Crippen molar-refractivity contribution in [3.05, 3.63) is 53.4 Å². The van der Waals surface area contributed by atoms with Crippen LogP contribution < -0.4 is 0 Å². The average molecular weight is 341 g/mol. The van der Waals surface area contributed by atoms with Crippen molar-refractivity contribution in [3.63, 3.8) is 0 Å². The monoisotopic (exact) mass is 341 g/mol. The van der Waals surface area contributed by atoms with Crippen LogP contribution in [0.3, 0.4) is 0 Å². The summed E-state index contributed by atoms with van der Waals surface area (Å²) in [6.07, 6.45) is 2.13. The Hall–Kier alpha value is -2.14. The first-order valence-corrected chi connectivity index (χ1v) is 9.04. The van der Waals surface area contributed by atoms with Crippen molar-refractivity contribution in [1.82, 2.24) is 15.0 Å². The van der Waals surface area contributed by atoms with Crippen molar-refractivity contribution in [3.8, 4) is 0 Å². The smallest absolute Gasteiger partial charge is 0.276 e. The van der Waals surface area contributed by atoms with Gasteiger partial charge in [-0.05, 0) is 24.9 Å². The summed E-state index contributed by atoms with van der Waals surface area (Å²) < 4.78 is 5.28. The Balaban J connectivity index is 1.62. The van der Waals surface area contributed by atoms with Crippen LogP contribution >= 0.6 is 0 Å². The standard InChI is InChI=1S/C20H27N3O2/c1-15(2)19-12-18(21-25-19)20(24)22(3)17-10-7-11-23(14-17)13-16-8-5-4-6-9-16/h4-6,8-9,12,15,17H,7,10-11,13-14H2,1-3H3/t17-/m1/s1. The van der Waals surface area contributed by atoms with Crippen molar-refractivity contribution < 1.29 is 9.32 Å². The van der Waals surface area contributed by atoms with E-state index in [1.807, 2.05) is 31.9 Å². The Bertz CT molecular complexity index is 696. The summed E-state index contributed by atoms with van der Waals surface area (Å²) >= 11 is 0.